The van der Waals surface area contributed by atoms with E-state index in [0.29, 0.717) is 11.8 Å². The second-order valence-corrected chi connectivity index (χ2v) is 7.66. The monoisotopic (exact) mass is 359 g/mol. The van der Waals surface area contributed by atoms with Crippen LogP contribution in [0.4, 0.5) is 0 Å². The largest absolute Gasteiger partial charge is 1.00 e. The van der Waals surface area contributed by atoms with Crippen molar-refractivity contribution < 1.29 is 26.4 Å². The van der Waals surface area contributed by atoms with Gasteiger partial charge in [-0.2, -0.15) is 0 Å². The number of hydrogen-bond acceptors (Lipinski definition) is 2. The first-order valence-electron chi connectivity index (χ1n) is 8.42. The van der Waals surface area contributed by atoms with Crippen LogP contribution in [-0.2, 0) is 9.53 Å². The number of halogens is 1. The minimum Gasteiger partial charge on any atom is -1.00 e. The Morgan fingerprint density at radius 3 is 1.88 bits per heavy atom. The van der Waals surface area contributed by atoms with Gasteiger partial charge in [-0.1, -0.05) is 53.3 Å². The number of hydrogen-bond donors (Lipinski definition) is 0. The molecule has 3 nitrogen and oxygen atoms in total. The Hall–Kier alpha value is -1.06. The fraction of sp³-hybridized carbons (Fsp3) is 0.650. The van der Waals surface area contributed by atoms with Gasteiger partial charge in [-0.05, 0) is 30.4 Å². The Balaban J connectivity index is -0.000000385. The highest BCUT2D eigenvalue weighted by Gasteiger charge is 2.09. The molecular weight excluding hydrogens is 322 g/mol. The maximum absolute atomic E-state index is 10.9. The van der Waals surface area contributed by atoms with Gasteiger partial charge in [0.25, 0.3) is 0 Å². The number of esters is 1. The first-order chi connectivity index (χ1) is 10.6. The van der Waals surface area contributed by atoms with E-state index in [1.165, 1.54) is 19.1 Å². The number of likely N-dealkylation sites (N-methyl/N-ethyl adjacent to an activating group) is 1. The van der Waals surface area contributed by atoms with Gasteiger partial charge in [-0.3, -0.25) is 4.79 Å². The molecule has 0 radical (unpaired) electrons. The van der Waals surface area contributed by atoms with E-state index in [1.54, 1.807) is 0 Å². The van der Waals surface area contributed by atoms with Crippen LogP contribution in [0.15, 0.2) is 38.2 Å². The van der Waals surface area contributed by atoms with Gasteiger partial charge >= 0.3 is 5.97 Å². The first-order valence-corrected chi connectivity index (χ1v) is 8.42. The molecule has 0 rings (SSSR count). The third-order valence-electron chi connectivity index (χ3n) is 3.27. The molecule has 4 heteroatoms. The van der Waals surface area contributed by atoms with E-state index in [-0.39, 0.29) is 18.4 Å². The SMILES string of the molecule is C=CC[N+](C)(C)CC=C.C=COC(=O)CCCCCC(C)(C)C.[Cl-]. The molecule has 0 aliphatic rings. The lowest BCUT2D eigenvalue weighted by molar-refractivity contribution is -0.878. The van der Waals surface area contributed by atoms with Crippen molar-refractivity contribution in [3.05, 3.63) is 38.2 Å². The molecule has 24 heavy (non-hydrogen) atoms. The molecule has 0 aromatic rings. The molecule has 0 unspecified atom stereocenters. The molecule has 0 N–H and O–H groups in total. The zero-order chi connectivity index (χ0) is 18.4. The summed E-state index contributed by atoms with van der Waals surface area (Å²) in [7, 11) is 4.31. The van der Waals surface area contributed by atoms with E-state index in [2.05, 4.69) is 59.3 Å². The molecule has 0 saturated heterocycles. The van der Waals surface area contributed by atoms with Gasteiger partial charge in [0.15, 0.2) is 0 Å². The Bertz CT molecular complexity index is 345. The predicted octanol–water partition coefficient (Wildman–Crippen LogP) is 2.11. The molecule has 0 aromatic heterocycles. The summed E-state index contributed by atoms with van der Waals surface area (Å²) >= 11 is 0. The number of quaternary nitrogens is 1. The van der Waals surface area contributed by atoms with Crippen molar-refractivity contribution in [2.45, 2.75) is 52.9 Å². The summed E-state index contributed by atoms with van der Waals surface area (Å²) in [6.45, 7) is 19.4. The normalized spacial score (nSPS) is 10.5. The van der Waals surface area contributed by atoms with E-state index in [1.807, 2.05) is 12.2 Å². The second kappa shape index (κ2) is 15.5. The zero-order valence-corrected chi connectivity index (χ0v) is 17.2. The van der Waals surface area contributed by atoms with E-state index in [4.69, 9.17) is 0 Å². The number of unbranched alkanes of at least 4 members (excludes halogenated alkanes) is 2. The molecule has 0 aliphatic carbocycles. The zero-order valence-electron chi connectivity index (χ0n) is 16.4. The van der Waals surface area contributed by atoms with Gasteiger partial charge in [-0.25, -0.2) is 0 Å². The highest BCUT2D eigenvalue weighted by Crippen LogP contribution is 2.22. The Labute approximate surface area is 156 Å². The topological polar surface area (TPSA) is 26.3 Å². The standard InChI is InChI=1S/C12H22O2.C8H16N.ClH/c1-5-14-11(13)9-7-6-8-10-12(2,3)4;1-5-7-9(3,4)8-6-2;/h5H,1,6-10H2,2-4H3;5-6H,1-2,7-8H2,3-4H3;1H/q;+1;/p-1. The molecule has 0 aromatic carbocycles. The van der Waals surface area contributed by atoms with Crippen molar-refractivity contribution in [3.63, 3.8) is 0 Å². The van der Waals surface area contributed by atoms with Gasteiger partial charge in [0, 0.05) is 6.42 Å². The van der Waals surface area contributed by atoms with Gasteiger partial charge in [0.1, 0.15) is 0 Å². The Morgan fingerprint density at radius 2 is 1.50 bits per heavy atom. The summed E-state index contributed by atoms with van der Waals surface area (Å²) < 4.78 is 5.57. The van der Waals surface area contributed by atoms with Crippen LogP contribution >= 0.6 is 0 Å². The molecule has 0 heterocycles. The second-order valence-electron chi connectivity index (χ2n) is 7.66. The van der Waals surface area contributed by atoms with Crippen LogP contribution in [0.5, 0.6) is 0 Å². The van der Waals surface area contributed by atoms with Gasteiger partial charge in [0.2, 0.25) is 0 Å². The lowest BCUT2D eigenvalue weighted by Crippen LogP contribution is -3.00. The molecule has 0 fully saturated rings. The van der Waals surface area contributed by atoms with Crippen LogP contribution in [0.2, 0.25) is 0 Å². The number of nitrogens with zero attached hydrogens (tertiary/aromatic N) is 1. The van der Waals surface area contributed by atoms with Crippen molar-refractivity contribution in [2.75, 3.05) is 27.2 Å². The number of carbonyl (C=O) groups excluding carboxylic acids is 1. The molecule has 0 saturated carbocycles. The lowest BCUT2D eigenvalue weighted by atomic mass is 9.89. The molecule has 0 bridgehead atoms. The summed E-state index contributed by atoms with van der Waals surface area (Å²) in [6.07, 6.45) is 9.99. The average Bonchev–Trinajstić information content (AvgIpc) is 2.37. The summed E-state index contributed by atoms with van der Waals surface area (Å²) in [6, 6.07) is 0. The van der Waals surface area contributed by atoms with Crippen molar-refractivity contribution in [2.24, 2.45) is 5.41 Å². The maximum Gasteiger partial charge on any atom is 0.310 e. The van der Waals surface area contributed by atoms with Gasteiger partial charge in [-0.15, -0.1) is 0 Å². The van der Waals surface area contributed by atoms with E-state index < -0.39 is 0 Å². The van der Waals surface area contributed by atoms with E-state index >= 15 is 0 Å². The summed E-state index contributed by atoms with van der Waals surface area (Å²) in [4.78, 5) is 10.9. The molecule has 0 aliphatic heterocycles. The first kappa shape index (κ1) is 27.8. The predicted molar refractivity (Wildman–Crippen MR) is 101 cm³/mol. The van der Waals surface area contributed by atoms with Crippen molar-refractivity contribution in [3.8, 4) is 0 Å². The van der Waals surface area contributed by atoms with Crippen LogP contribution < -0.4 is 12.4 Å². The molecule has 0 spiro atoms. The minimum absolute atomic E-state index is 0. The molecule has 0 atom stereocenters. The van der Waals surface area contributed by atoms with Crippen molar-refractivity contribution >= 4 is 5.97 Å². The van der Waals surface area contributed by atoms with Crippen LogP contribution in [0, 0.1) is 5.41 Å². The van der Waals surface area contributed by atoms with Gasteiger partial charge in [0.05, 0.1) is 33.4 Å². The summed E-state index contributed by atoms with van der Waals surface area (Å²) in [5.74, 6) is -0.171. The summed E-state index contributed by atoms with van der Waals surface area (Å²) in [5.41, 5.74) is 0.404. The van der Waals surface area contributed by atoms with E-state index in [9.17, 15) is 4.79 Å². The number of rotatable bonds is 10. The number of carbonyl (C=O) groups is 1. The van der Waals surface area contributed by atoms with Crippen LogP contribution in [0.25, 0.3) is 0 Å². The van der Waals surface area contributed by atoms with Crippen LogP contribution in [-0.4, -0.2) is 37.6 Å². The van der Waals surface area contributed by atoms with Crippen molar-refractivity contribution in [1.82, 2.24) is 0 Å². The average molecular weight is 360 g/mol. The third kappa shape index (κ3) is 23.2. The van der Waals surface area contributed by atoms with Crippen molar-refractivity contribution in [1.29, 1.82) is 0 Å². The summed E-state index contributed by atoms with van der Waals surface area (Å²) in [5, 5.41) is 0. The quantitative estimate of drug-likeness (QED) is 0.196. The highest BCUT2D eigenvalue weighted by atomic mass is 35.5. The van der Waals surface area contributed by atoms with Gasteiger partial charge < -0.3 is 21.6 Å². The fourth-order valence-corrected chi connectivity index (χ4v) is 2.03. The Kier molecular flexibility index (Phi) is 17.9. The van der Waals surface area contributed by atoms with Crippen LogP contribution in [0.3, 0.4) is 0 Å². The molecule has 142 valence electrons. The highest BCUT2D eigenvalue weighted by molar-refractivity contribution is 5.69. The minimum atomic E-state index is -0.171. The third-order valence-corrected chi connectivity index (χ3v) is 3.27. The van der Waals surface area contributed by atoms with Crippen LogP contribution in [0.1, 0.15) is 52.9 Å². The fourth-order valence-electron chi connectivity index (χ4n) is 2.03. The van der Waals surface area contributed by atoms with E-state index in [0.717, 1.165) is 30.4 Å². The number of ether oxygens (including phenoxy) is 1. The molecule has 0 amide bonds. The molecular formula is C20H38ClNO2. The smallest absolute Gasteiger partial charge is 0.310 e. The Morgan fingerprint density at radius 1 is 1.00 bits per heavy atom. The lowest BCUT2D eigenvalue weighted by Gasteiger charge is -2.26. The maximum atomic E-state index is 10.9.